The molecule has 1 unspecified atom stereocenters. The number of nitrogens with two attached hydrogens (primary N) is 1. The Morgan fingerprint density at radius 3 is 2.78 bits per heavy atom. The topological polar surface area (TPSA) is 43.8 Å². The minimum Gasteiger partial charge on any atom is -0.322 e. The van der Waals surface area contributed by atoms with Crippen molar-refractivity contribution in [2.45, 2.75) is 39.8 Å². The number of aromatic nitrogens is 2. The molecule has 0 bridgehead atoms. The van der Waals surface area contributed by atoms with Gasteiger partial charge < -0.3 is 5.73 Å². The maximum absolute atomic E-state index is 6.31. The molecule has 0 aliphatic carbocycles. The molecule has 0 spiro atoms. The van der Waals surface area contributed by atoms with Crippen molar-refractivity contribution >= 4 is 0 Å². The molecule has 1 heterocycles. The van der Waals surface area contributed by atoms with Gasteiger partial charge in [0.2, 0.25) is 0 Å². The zero-order valence-corrected chi connectivity index (χ0v) is 11.4. The first kappa shape index (κ1) is 12.8. The predicted octanol–water partition coefficient (Wildman–Crippen LogP) is 2.76. The smallest absolute Gasteiger partial charge is 0.0554 e. The second-order valence-corrected chi connectivity index (χ2v) is 4.81. The number of rotatable bonds is 4. The highest BCUT2D eigenvalue weighted by Crippen LogP contribution is 2.19. The Bertz CT molecular complexity index is 528. The summed E-state index contributed by atoms with van der Waals surface area (Å²) in [6, 6.07) is 8.55. The molecule has 1 aromatic heterocycles. The summed E-state index contributed by atoms with van der Waals surface area (Å²) in [5.74, 6) is 0. The fraction of sp³-hybridized carbons (Fsp3) is 0.400. The van der Waals surface area contributed by atoms with Crippen molar-refractivity contribution in [2.24, 2.45) is 5.73 Å². The van der Waals surface area contributed by atoms with Gasteiger partial charge >= 0.3 is 0 Å². The van der Waals surface area contributed by atoms with E-state index >= 15 is 0 Å². The number of nitrogens with zero attached hydrogens (tertiary/aromatic N) is 2. The maximum Gasteiger partial charge on any atom is 0.0554 e. The van der Waals surface area contributed by atoms with Crippen LogP contribution in [0.25, 0.3) is 0 Å². The number of aryl methyl sites for hydroxylation is 3. The van der Waals surface area contributed by atoms with Crippen LogP contribution in [0.15, 0.2) is 30.5 Å². The molecule has 0 saturated carbocycles. The summed E-state index contributed by atoms with van der Waals surface area (Å²) >= 11 is 0. The molecular weight excluding hydrogens is 222 g/mol. The van der Waals surface area contributed by atoms with Gasteiger partial charge in [0.25, 0.3) is 0 Å². The third-order valence-electron chi connectivity index (χ3n) is 3.37. The molecular formula is C15H21N3. The van der Waals surface area contributed by atoms with Crippen molar-refractivity contribution in [1.29, 1.82) is 0 Å². The first-order chi connectivity index (χ1) is 8.61. The van der Waals surface area contributed by atoms with Gasteiger partial charge in [0, 0.05) is 12.7 Å². The van der Waals surface area contributed by atoms with Gasteiger partial charge in [-0.25, -0.2) is 0 Å². The van der Waals surface area contributed by atoms with Crippen LogP contribution in [0.2, 0.25) is 0 Å². The van der Waals surface area contributed by atoms with E-state index in [1.54, 1.807) is 0 Å². The third-order valence-corrected chi connectivity index (χ3v) is 3.37. The van der Waals surface area contributed by atoms with Gasteiger partial charge in [-0.1, -0.05) is 23.8 Å². The van der Waals surface area contributed by atoms with Gasteiger partial charge in [0.1, 0.15) is 0 Å². The van der Waals surface area contributed by atoms with Gasteiger partial charge in [-0.15, -0.1) is 0 Å². The molecule has 0 saturated heterocycles. The summed E-state index contributed by atoms with van der Waals surface area (Å²) in [5.41, 5.74) is 11.3. The highest BCUT2D eigenvalue weighted by Gasteiger charge is 2.13. The molecule has 1 atom stereocenters. The van der Waals surface area contributed by atoms with E-state index in [9.17, 15) is 0 Å². The molecule has 3 nitrogen and oxygen atoms in total. The maximum atomic E-state index is 6.31. The Balaban J connectivity index is 2.21. The van der Waals surface area contributed by atoms with E-state index in [4.69, 9.17) is 5.73 Å². The molecule has 2 rings (SSSR count). The lowest BCUT2D eigenvalue weighted by Gasteiger charge is -2.15. The van der Waals surface area contributed by atoms with E-state index in [1.807, 2.05) is 16.9 Å². The largest absolute Gasteiger partial charge is 0.322 e. The zero-order valence-electron chi connectivity index (χ0n) is 11.4. The summed E-state index contributed by atoms with van der Waals surface area (Å²) in [7, 11) is 0. The van der Waals surface area contributed by atoms with Gasteiger partial charge in [0.15, 0.2) is 0 Å². The van der Waals surface area contributed by atoms with Crippen LogP contribution in [-0.4, -0.2) is 9.78 Å². The normalized spacial score (nSPS) is 12.7. The number of benzene rings is 1. The molecule has 2 N–H and O–H groups in total. The van der Waals surface area contributed by atoms with Crippen molar-refractivity contribution in [1.82, 2.24) is 9.78 Å². The van der Waals surface area contributed by atoms with Crippen LogP contribution < -0.4 is 5.73 Å². The van der Waals surface area contributed by atoms with E-state index in [1.165, 1.54) is 16.7 Å². The average Bonchev–Trinajstić information content (AvgIpc) is 2.82. The van der Waals surface area contributed by atoms with Crippen LogP contribution in [-0.2, 0) is 13.0 Å². The molecule has 96 valence electrons. The third kappa shape index (κ3) is 2.62. The van der Waals surface area contributed by atoms with Crippen LogP contribution in [0.1, 0.15) is 35.3 Å². The predicted molar refractivity (Wildman–Crippen MR) is 74.4 cm³/mol. The number of hydrogen-bond donors (Lipinski definition) is 1. The Morgan fingerprint density at radius 2 is 2.06 bits per heavy atom. The van der Waals surface area contributed by atoms with Crippen molar-refractivity contribution in [3.8, 4) is 0 Å². The van der Waals surface area contributed by atoms with Crippen molar-refractivity contribution in [2.75, 3.05) is 0 Å². The quantitative estimate of drug-likeness (QED) is 0.897. The van der Waals surface area contributed by atoms with Crippen LogP contribution >= 0.6 is 0 Å². The molecule has 0 aliphatic heterocycles. The van der Waals surface area contributed by atoms with Gasteiger partial charge in [-0.05, 0) is 44.4 Å². The summed E-state index contributed by atoms with van der Waals surface area (Å²) in [4.78, 5) is 0. The van der Waals surface area contributed by atoms with E-state index in [0.717, 1.165) is 18.7 Å². The Kier molecular flexibility index (Phi) is 3.82. The van der Waals surface area contributed by atoms with E-state index in [0.29, 0.717) is 0 Å². The molecule has 3 heteroatoms. The van der Waals surface area contributed by atoms with Gasteiger partial charge in [-0.3, -0.25) is 4.68 Å². The fourth-order valence-corrected chi connectivity index (χ4v) is 2.28. The molecule has 18 heavy (non-hydrogen) atoms. The fourth-order valence-electron chi connectivity index (χ4n) is 2.28. The monoisotopic (exact) mass is 243 g/mol. The molecule has 0 radical (unpaired) electrons. The Hall–Kier alpha value is -1.61. The van der Waals surface area contributed by atoms with Gasteiger partial charge in [0.05, 0.1) is 11.7 Å². The van der Waals surface area contributed by atoms with Crippen molar-refractivity contribution in [3.63, 3.8) is 0 Å². The lowest BCUT2D eigenvalue weighted by molar-refractivity contribution is 0.568. The summed E-state index contributed by atoms with van der Waals surface area (Å²) in [6.45, 7) is 7.20. The van der Waals surface area contributed by atoms with Crippen LogP contribution in [0.5, 0.6) is 0 Å². The highest BCUT2D eigenvalue weighted by molar-refractivity contribution is 5.31. The van der Waals surface area contributed by atoms with Crippen LogP contribution in [0, 0.1) is 13.8 Å². The lowest BCUT2D eigenvalue weighted by atomic mass is 9.98. The second-order valence-electron chi connectivity index (χ2n) is 4.81. The molecule has 0 amide bonds. The highest BCUT2D eigenvalue weighted by atomic mass is 15.3. The minimum absolute atomic E-state index is 0.00736. The van der Waals surface area contributed by atoms with Crippen LogP contribution in [0.3, 0.4) is 0 Å². The summed E-state index contributed by atoms with van der Waals surface area (Å²) in [6.07, 6.45) is 2.68. The first-order valence-corrected chi connectivity index (χ1v) is 6.45. The lowest BCUT2D eigenvalue weighted by Crippen LogP contribution is -2.18. The second kappa shape index (κ2) is 5.36. The van der Waals surface area contributed by atoms with Crippen LogP contribution in [0.4, 0.5) is 0 Å². The average molecular weight is 243 g/mol. The van der Waals surface area contributed by atoms with Gasteiger partial charge in [-0.2, -0.15) is 5.10 Å². The van der Waals surface area contributed by atoms with Crippen molar-refractivity contribution in [3.05, 3.63) is 52.8 Å². The number of hydrogen-bond acceptors (Lipinski definition) is 2. The minimum atomic E-state index is 0.00736. The molecule has 0 fully saturated rings. The first-order valence-electron chi connectivity index (χ1n) is 6.45. The Labute approximate surface area is 109 Å². The van der Waals surface area contributed by atoms with E-state index in [-0.39, 0.29) is 6.04 Å². The SMILES string of the molecule is CCn1nccc1C(N)Cc1cc(C)ccc1C. The van der Waals surface area contributed by atoms with E-state index in [2.05, 4.69) is 44.1 Å². The summed E-state index contributed by atoms with van der Waals surface area (Å²) < 4.78 is 1.97. The molecule has 1 aromatic carbocycles. The Morgan fingerprint density at radius 1 is 1.28 bits per heavy atom. The standard InChI is InChI=1S/C15H21N3/c1-4-18-15(7-8-17-18)14(16)10-13-9-11(2)5-6-12(13)3/h5-9,14H,4,10,16H2,1-3H3. The zero-order chi connectivity index (χ0) is 13.1. The van der Waals surface area contributed by atoms with E-state index < -0.39 is 0 Å². The molecule has 0 aliphatic rings. The van der Waals surface area contributed by atoms with Crippen molar-refractivity contribution < 1.29 is 0 Å². The summed E-state index contributed by atoms with van der Waals surface area (Å²) in [5, 5.41) is 4.27. The molecule has 2 aromatic rings.